The lowest BCUT2D eigenvalue weighted by atomic mass is 10.0. The highest BCUT2D eigenvalue weighted by Gasteiger charge is 2.39. The van der Waals surface area contributed by atoms with E-state index in [0.717, 1.165) is 23.8 Å². The summed E-state index contributed by atoms with van der Waals surface area (Å²) in [4.78, 5) is 22.8. The van der Waals surface area contributed by atoms with Gasteiger partial charge in [0, 0.05) is 22.9 Å². The summed E-state index contributed by atoms with van der Waals surface area (Å²) in [6.07, 6.45) is -3.01. The zero-order valence-corrected chi connectivity index (χ0v) is 16.9. The molecule has 0 spiro atoms. The van der Waals surface area contributed by atoms with Crippen molar-refractivity contribution in [2.24, 2.45) is 0 Å². The van der Waals surface area contributed by atoms with Crippen molar-refractivity contribution in [3.8, 4) is 22.6 Å². The first kappa shape index (κ1) is 21.9. The number of benzene rings is 3. The van der Waals surface area contributed by atoms with Crippen molar-refractivity contribution < 1.29 is 36.7 Å². The van der Waals surface area contributed by atoms with Crippen LogP contribution in [-0.2, 0) is 15.8 Å². The molecule has 1 heterocycles. The van der Waals surface area contributed by atoms with Gasteiger partial charge in [-0.2, -0.15) is 13.2 Å². The van der Waals surface area contributed by atoms with Crippen molar-refractivity contribution in [3.05, 3.63) is 85.5 Å². The molecule has 0 aliphatic heterocycles. The van der Waals surface area contributed by atoms with Gasteiger partial charge in [-0.25, -0.2) is 9.59 Å². The minimum absolute atomic E-state index is 0.224. The summed E-state index contributed by atoms with van der Waals surface area (Å²) in [5.74, 6) is -1.95. The quantitative estimate of drug-likeness (QED) is 0.198. The molecule has 3 aromatic carbocycles. The molecule has 33 heavy (non-hydrogen) atoms. The minimum atomic E-state index is -4.83. The van der Waals surface area contributed by atoms with Gasteiger partial charge in [-0.05, 0) is 47.5 Å². The minimum Gasteiger partial charge on any atom is -0.455 e. The van der Waals surface area contributed by atoms with Gasteiger partial charge in [0.05, 0.1) is 0 Å². The third kappa shape index (κ3) is 4.23. The van der Waals surface area contributed by atoms with Crippen LogP contribution >= 0.6 is 0 Å². The van der Waals surface area contributed by atoms with Crippen molar-refractivity contribution in [1.82, 2.24) is 0 Å². The molecule has 0 saturated carbocycles. The summed E-state index contributed by atoms with van der Waals surface area (Å²) in [6.45, 7) is 6.53. The Morgan fingerprint density at radius 1 is 0.818 bits per heavy atom. The smallest absolute Gasteiger partial charge is 0.423 e. The lowest BCUT2D eigenvalue weighted by Crippen LogP contribution is -2.12. The highest BCUT2D eigenvalue weighted by atomic mass is 19.4. The Balaban J connectivity index is 1.80. The predicted octanol–water partition coefficient (Wildman–Crippen LogP) is 6.45. The molecule has 0 fully saturated rings. The number of hydrogen-bond donors (Lipinski definition) is 0. The molecule has 4 aromatic rings. The van der Waals surface area contributed by atoms with E-state index in [-0.39, 0.29) is 11.0 Å². The average Bonchev–Trinajstić information content (AvgIpc) is 3.15. The van der Waals surface area contributed by atoms with Gasteiger partial charge in [0.2, 0.25) is 0 Å². The van der Waals surface area contributed by atoms with Gasteiger partial charge in [-0.3, -0.25) is 0 Å². The van der Waals surface area contributed by atoms with Crippen LogP contribution in [0.5, 0.6) is 11.5 Å². The topological polar surface area (TPSA) is 65.7 Å². The lowest BCUT2D eigenvalue weighted by molar-refractivity contribution is -0.140. The van der Waals surface area contributed by atoms with E-state index in [9.17, 15) is 22.8 Å². The second-order valence-corrected chi connectivity index (χ2v) is 6.90. The molecule has 5 nitrogen and oxygen atoms in total. The monoisotopic (exact) mass is 452 g/mol. The molecule has 166 valence electrons. The SMILES string of the molecule is C=CC(=O)Oc1ccc(-c2ccc3c(c2)oc2c(C(F)(F)F)c(OC(=O)C=C)ccc23)cc1. The molecule has 0 aliphatic carbocycles. The Morgan fingerprint density at radius 2 is 1.42 bits per heavy atom. The van der Waals surface area contributed by atoms with Crippen LogP contribution < -0.4 is 9.47 Å². The molecular weight excluding hydrogens is 437 g/mol. The summed E-state index contributed by atoms with van der Waals surface area (Å²) >= 11 is 0. The fourth-order valence-electron chi connectivity index (χ4n) is 3.38. The van der Waals surface area contributed by atoms with Crippen molar-refractivity contribution in [1.29, 1.82) is 0 Å². The Kier molecular flexibility index (Phi) is 5.51. The molecule has 0 atom stereocenters. The molecule has 0 N–H and O–H groups in total. The zero-order valence-electron chi connectivity index (χ0n) is 16.9. The number of carbonyl (C=O) groups excluding carboxylic acids is 2. The maximum absolute atomic E-state index is 13.8. The number of hydrogen-bond acceptors (Lipinski definition) is 5. The van der Waals surface area contributed by atoms with Crippen LogP contribution in [0.25, 0.3) is 33.1 Å². The highest BCUT2D eigenvalue weighted by Crippen LogP contribution is 2.44. The molecule has 1 aromatic heterocycles. The van der Waals surface area contributed by atoms with Gasteiger partial charge in [0.25, 0.3) is 0 Å². The van der Waals surface area contributed by atoms with E-state index >= 15 is 0 Å². The molecule has 8 heteroatoms. The Hall–Kier alpha value is -4.33. The van der Waals surface area contributed by atoms with Crippen LogP contribution in [0.4, 0.5) is 13.2 Å². The van der Waals surface area contributed by atoms with Crippen LogP contribution in [0.2, 0.25) is 0 Å². The molecule has 4 rings (SSSR count). The Morgan fingerprint density at radius 3 is 2.06 bits per heavy atom. The first-order valence-corrected chi connectivity index (χ1v) is 9.56. The van der Waals surface area contributed by atoms with E-state index < -0.39 is 35.0 Å². The fraction of sp³-hybridized carbons (Fsp3) is 0.0400. The largest absolute Gasteiger partial charge is 0.455 e. The van der Waals surface area contributed by atoms with Gasteiger partial charge in [0.15, 0.2) is 5.58 Å². The van der Waals surface area contributed by atoms with Gasteiger partial charge < -0.3 is 13.9 Å². The third-order valence-electron chi connectivity index (χ3n) is 4.84. The number of rotatable bonds is 5. The summed E-state index contributed by atoms with van der Waals surface area (Å²) < 4.78 is 56.9. The molecule has 0 amide bonds. The zero-order chi connectivity index (χ0) is 23.8. The number of carbonyl (C=O) groups is 2. The first-order valence-electron chi connectivity index (χ1n) is 9.56. The van der Waals surface area contributed by atoms with Crippen molar-refractivity contribution in [2.75, 3.05) is 0 Å². The van der Waals surface area contributed by atoms with Crippen LogP contribution in [0.15, 0.2) is 84.3 Å². The molecular formula is C25H15F3O5. The van der Waals surface area contributed by atoms with Crippen molar-refractivity contribution >= 4 is 33.9 Å². The molecule has 0 unspecified atom stereocenters. The number of furan rings is 1. The second kappa shape index (κ2) is 8.31. The normalized spacial score (nSPS) is 11.4. The molecule has 0 bridgehead atoms. The number of ether oxygens (including phenoxy) is 2. The van der Waals surface area contributed by atoms with E-state index in [4.69, 9.17) is 13.9 Å². The van der Waals surface area contributed by atoms with Gasteiger partial charge in [0.1, 0.15) is 22.6 Å². The summed E-state index contributed by atoms with van der Waals surface area (Å²) in [5, 5.41) is 0.700. The molecule has 0 saturated heterocycles. The highest BCUT2D eigenvalue weighted by molar-refractivity contribution is 6.07. The van der Waals surface area contributed by atoms with E-state index in [2.05, 4.69) is 13.2 Å². The summed E-state index contributed by atoms with van der Waals surface area (Å²) in [6, 6.07) is 14.0. The van der Waals surface area contributed by atoms with E-state index in [1.165, 1.54) is 6.07 Å². The molecule has 0 radical (unpaired) electrons. The van der Waals surface area contributed by atoms with Crippen LogP contribution in [0.1, 0.15) is 5.56 Å². The number of esters is 2. The van der Waals surface area contributed by atoms with E-state index in [0.29, 0.717) is 16.7 Å². The van der Waals surface area contributed by atoms with Crippen LogP contribution in [0, 0.1) is 0 Å². The third-order valence-corrected chi connectivity index (χ3v) is 4.84. The maximum Gasteiger partial charge on any atom is 0.423 e. The Labute approximate surface area is 185 Å². The fourth-order valence-corrected chi connectivity index (χ4v) is 3.38. The predicted molar refractivity (Wildman–Crippen MR) is 116 cm³/mol. The first-order chi connectivity index (χ1) is 15.7. The number of halogens is 3. The van der Waals surface area contributed by atoms with Crippen molar-refractivity contribution in [3.63, 3.8) is 0 Å². The second-order valence-electron chi connectivity index (χ2n) is 6.90. The lowest BCUT2D eigenvalue weighted by Gasteiger charge is -2.12. The van der Waals surface area contributed by atoms with Crippen LogP contribution in [-0.4, -0.2) is 11.9 Å². The van der Waals surface area contributed by atoms with E-state index in [1.54, 1.807) is 42.5 Å². The maximum atomic E-state index is 13.8. The summed E-state index contributed by atoms with van der Waals surface area (Å²) in [5.41, 5.74) is 0.0156. The number of alkyl halides is 3. The van der Waals surface area contributed by atoms with Gasteiger partial charge >= 0.3 is 18.1 Å². The van der Waals surface area contributed by atoms with Gasteiger partial charge in [-0.15, -0.1) is 0 Å². The Bertz CT molecular complexity index is 1410. The standard InChI is InChI=1S/C25H15F3O5/c1-3-21(29)31-16-8-5-14(6-9-16)15-7-10-17-18-11-12-19(32-22(30)4-2)23(25(26,27)28)24(18)33-20(17)13-15/h3-13H,1-2H2. The summed E-state index contributed by atoms with van der Waals surface area (Å²) in [7, 11) is 0. The van der Waals surface area contributed by atoms with E-state index in [1.807, 2.05) is 0 Å². The average molecular weight is 452 g/mol. The van der Waals surface area contributed by atoms with Crippen LogP contribution in [0.3, 0.4) is 0 Å². The molecule has 0 aliphatic rings. The van der Waals surface area contributed by atoms with Crippen molar-refractivity contribution in [2.45, 2.75) is 6.18 Å². The van der Waals surface area contributed by atoms with Gasteiger partial charge in [-0.1, -0.05) is 31.4 Å². The number of fused-ring (bicyclic) bond motifs is 3.